The van der Waals surface area contributed by atoms with Crippen molar-refractivity contribution in [2.45, 2.75) is 104 Å². The van der Waals surface area contributed by atoms with Gasteiger partial charge < -0.3 is 15.1 Å². The van der Waals surface area contributed by atoms with E-state index in [0.717, 1.165) is 42.6 Å². The van der Waals surface area contributed by atoms with Crippen LogP contribution in [0.5, 0.6) is 0 Å². The normalized spacial score (nSPS) is 43.5. The molecule has 2 amide bonds. The lowest BCUT2D eigenvalue weighted by molar-refractivity contribution is -0.138. The monoisotopic (exact) mass is 483 g/mol. The second-order valence-electron chi connectivity index (χ2n) is 13.6. The lowest BCUT2D eigenvalue weighted by Crippen LogP contribution is -2.55. The van der Waals surface area contributed by atoms with Crippen molar-refractivity contribution in [2.75, 3.05) is 20.6 Å². The molecular formula is C30H49N3O2. The van der Waals surface area contributed by atoms with Gasteiger partial charge in [-0.25, -0.2) is 0 Å². The van der Waals surface area contributed by atoms with Crippen LogP contribution in [0.2, 0.25) is 0 Å². The Hall–Kier alpha value is -1.36. The van der Waals surface area contributed by atoms with Gasteiger partial charge >= 0.3 is 0 Å². The van der Waals surface area contributed by atoms with Gasteiger partial charge in [0.25, 0.3) is 0 Å². The molecule has 5 rings (SSSR count). The summed E-state index contributed by atoms with van der Waals surface area (Å²) in [6, 6.07) is 0.549. The molecule has 0 aromatic carbocycles. The number of nitrogens with zero attached hydrogens (tertiary/aromatic N) is 2. The summed E-state index contributed by atoms with van der Waals surface area (Å²) in [6.45, 7) is 11.9. The number of hydrogen-bond acceptors (Lipinski definition) is 3. The van der Waals surface area contributed by atoms with Crippen LogP contribution in [0, 0.1) is 40.4 Å². The van der Waals surface area contributed by atoms with E-state index >= 15 is 0 Å². The van der Waals surface area contributed by atoms with Crippen molar-refractivity contribution < 1.29 is 9.59 Å². The van der Waals surface area contributed by atoms with Gasteiger partial charge in [-0.1, -0.05) is 32.4 Å². The molecule has 1 N–H and O–H groups in total. The molecule has 5 nitrogen and oxygen atoms in total. The van der Waals surface area contributed by atoms with E-state index in [1.165, 1.54) is 52.0 Å². The molecule has 1 heterocycles. The second-order valence-corrected chi connectivity index (χ2v) is 13.6. The molecule has 0 bridgehead atoms. The maximum atomic E-state index is 13.4. The minimum Gasteiger partial charge on any atom is -0.344 e. The van der Waals surface area contributed by atoms with Crippen LogP contribution in [-0.4, -0.2) is 60.4 Å². The van der Waals surface area contributed by atoms with Crippen LogP contribution < -0.4 is 5.32 Å². The Morgan fingerprint density at radius 3 is 2.51 bits per heavy atom. The van der Waals surface area contributed by atoms with Gasteiger partial charge in [0.05, 0.1) is 0 Å². The summed E-state index contributed by atoms with van der Waals surface area (Å²) in [4.78, 5) is 29.7. The first-order chi connectivity index (χ1) is 16.5. The number of hydrogen-bond donors (Lipinski definition) is 1. The van der Waals surface area contributed by atoms with Crippen molar-refractivity contribution in [3.63, 3.8) is 0 Å². The first kappa shape index (κ1) is 25.3. The van der Waals surface area contributed by atoms with Crippen LogP contribution in [0.1, 0.15) is 86.0 Å². The fourth-order valence-corrected chi connectivity index (χ4v) is 9.91. The highest BCUT2D eigenvalue weighted by Gasteiger charge is 2.64. The molecule has 4 fully saturated rings. The Balaban J connectivity index is 1.33. The zero-order chi connectivity index (χ0) is 25.3. The average Bonchev–Trinajstić information content (AvgIpc) is 3.29. The lowest BCUT2D eigenvalue weighted by atomic mass is 9.47. The Kier molecular flexibility index (Phi) is 6.42. The maximum Gasteiger partial charge on any atom is 0.245 e. The van der Waals surface area contributed by atoms with Crippen LogP contribution in [-0.2, 0) is 9.59 Å². The molecule has 9 atom stereocenters. The fourth-order valence-electron chi connectivity index (χ4n) is 9.91. The quantitative estimate of drug-likeness (QED) is 0.581. The number of rotatable bonds is 4. The molecule has 3 saturated carbocycles. The summed E-state index contributed by atoms with van der Waals surface area (Å²) in [5.74, 6) is 3.48. The van der Waals surface area contributed by atoms with Crippen LogP contribution in [0.15, 0.2) is 11.6 Å². The summed E-state index contributed by atoms with van der Waals surface area (Å²) in [5, 5.41) is 2.90. The van der Waals surface area contributed by atoms with Crippen LogP contribution >= 0.6 is 0 Å². The number of nitrogens with one attached hydrogen (secondary N) is 1. The van der Waals surface area contributed by atoms with Crippen LogP contribution in [0.25, 0.3) is 0 Å². The lowest BCUT2D eigenvalue weighted by Gasteiger charge is -2.58. The fraction of sp³-hybridized carbons (Fsp3) is 0.867. The third-order valence-corrected chi connectivity index (χ3v) is 11.9. The standard InChI is InChI=1S/C30H49N3O2/c1-18(2)27(31-20(4)34)28(35)33(7)22-12-14-29(5)21(16-22)8-9-23-25(29)13-15-30-17-32(6)19(3)24(30)10-11-26(23)30/h8,18-19,22-27H,9-17H2,1-7H3,(H,31,34)/t19-,22-,23+,24+,25-,26?,27+,29-,30-/m0/s1. The average molecular weight is 484 g/mol. The highest BCUT2D eigenvalue weighted by molar-refractivity contribution is 5.87. The van der Waals surface area contributed by atoms with E-state index in [0.29, 0.717) is 10.8 Å². The molecule has 0 radical (unpaired) electrons. The van der Waals surface area contributed by atoms with Gasteiger partial charge in [0, 0.05) is 32.6 Å². The second kappa shape index (κ2) is 8.89. The van der Waals surface area contributed by atoms with Crippen molar-refractivity contribution in [3.8, 4) is 0 Å². The van der Waals surface area contributed by atoms with Gasteiger partial charge in [0.1, 0.15) is 6.04 Å². The number of allylic oxidation sites excluding steroid dienone is 1. The molecule has 196 valence electrons. The number of fused-ring (bicyclic) bond motifs is 4. The van der Waals surface area contributed by atoms with Crippen molar-refractivity contribution in [1.82, 2.24) is 15.1 Å². The van der Waals surface area contributed by atoms with E-state index in [1.54, 1.807) is 5.57 Å². The van der Waals surface area contributed by atoms with Gasteiger partial charge in [0.15, 0.2) is 0 Å². The number of likely N-dealkylation sites (N-methyl/N-ethyl adjacent to an activating group) is 1. The predicted octanol–water partition coefficient (Wildman–Crippen LogP) is 4.87. The van der Waals surface area contributed by atoms with Crippen LogP contribution in [0.4, 0.5) is 0 Å². The Morgan fingerprint density at radius 2 is 1.83 bits per heavy atom. The van der Waals surface area contributed by atoms with E-state index in [-0.39, 0.29) is 23.8 Å². The number of carbonyl (C=O) groups is 2. The van der Waals surface area contributed by atoms with Gasteiger partial charge in [0.2, 0.25) is 11.8 Å². The van der Waals surface area contributed by atoms with Crippen molar-refractivity contribution in [1.29, 1.82) is 0 Å². The Bertz CT molecular complexity index is 898. The number of carbonyl (C=O) groups excluding carboxylic acids is 2. The molecule has 1 saturated heterocycles. The first-order valence-corrected chi connectivity index (χ1v) is 14.4. The molecule has 0 aromatic rings. The molecule has 1 unspecified atom stereocenters. The highest BCUT2D eigenvalue weighted by Crippen LogP contribution is 2.68. The molecular weight excluding hydrogens is 434 g/mol. The molecule has 1 spiro atoms. The van der Waals surface area contributed by atoms with Crippen LogP contribution in [0.3, 0.4) is 0 Å². The zero-order valence-corrected chi connectivity index (χ0v) is 23.3. The molecule has 0 aromatic heterocycles. The van der Waals surface area contributed by atoms with Crippen molar-refractivity contribution in [3.05, 3.63) is 11.6 Å². The van der Waals surface area contributed by atoms with Crippen molar-refractivity contribution in [2.24, 2.45) is 40.4 Å². The SMILES string of the molecule is CC(=O)N[C@@H](C(=O)N(C)[C@H]1CC[C@@]2(C)C(=CC[C@H]3C4CC[C@@H]5[C@H](C)N(C)C[C@]45CC[C@@H]32)C1)C(C)C. The van der Waals surface area contributed by atoms with E-state index in [4.69, 9.17) is 0 Å². The smallest absolute Gasteiger partial charge is 0.245 e. The predicted molar refractivity (Wildman–Crippen MR) is 141 cm³/mol. The Morgan fingerprint density at radius 1 is 1.11 bits per heavy atom. The topological polar surface area (TPSA) is 52.7 Å². The third-order valence-electron chi connectivity index (χ3n) is 11.9. The van der Waals surface area contributed by atoms with Gasteiger partial charge in [-0.2, -0.15) is 0 Å². The van der Waals surface area contributed by atoms with E-state index < -0.39 is 6.04 Å². The number of amides is 2. The minimum atomic E-state index is -0.438. The molecule has 1 aliphatic heterocycles. The van der Waals surface area contributed by atoms with E-state index in [9.17, 15) is 9.59 Å². The first-order valence-electron chi connectivity index (χ1n) is 14.4. The summed E-state index contributed by atoms with van der Waals surface area (Å²) in [5.41, 5.74) is 2.50. The number of likely N-dealkylation sites (tertiary alicyclic amines) is 1. The van der Waals surface area contributed by atoms with E-state index in [2.05, 4.69) is 37.2 Å². The van der Waals surface area contributed by atoms with E-state index in [1.807, 2.05) is 25.8 Å². The minimum absolute atomic E-state index is 0.0640. The van der Waals surface area contributed by atoms with Gasteiger partial charge in [-0.3, -0.25) is 9.59 Å². The summed E-state index contributed by atoms with van der Waals surface area (Å²) in [7, 11) is 4.32. The van der Waals surface area contributed by atoms with Crippen molar-refractivity contribution >= 4 is 11.8 Å². The third kappa shape index (κ3) is 3.81. The molecule has 4 aliphatic carbocycles. The van der Waals surface area contributed by atoms with Gasteiger partial charge in [-0.05, 0) is 106 Å². The zero-order valence-electron chi connectivity index (χ0n) is 23.3. The molecule has 35 heavy (non-hydrogen) atoms. The molecule has 5 heteroatoms. The highest BCUT2D eigenvalue weighted by atomic mass is 16.2. The maximum absolute atomic E-state index is 13.4. The largest absolute Gasteiger partial charge is 0.344 e. The van der Waals surface area contributed by atoms with Gasteiger partial charge in [-0.15, -0.1) is 0 Å². The summed E-state index contributed by atoms with van der Waals surface area (Å²) in [6.07, 6.45) is 12.8. The summed E-state index contributed by atoms with van der Waals surface area (Å²) < 4.78 is 0. The summed E-state index contributed by atoms with van der Waals surface area (Å²) >= 11 is 0. The Labute approximate surface area is 213 Å². The molecule has 5 aliphatic rings.